The third kappa shape index (κ3) is 4.00. The number of methoxy groups -OCH3 is 1. The summed E-state index contributed by atoms with van der Waals surface area (Å²) in [5.74, 6) is -0.368. The van der Waals surface area contributed by atoms with E-state index in [2.05, 4.69) is 16.9 Å². The molecule has 0 aliphatic rings. The van der Waals surface area contributed by atoms with Crippen molar-refractivity contribution < 1.29 is 9.53 Å². The highest BCUT2D eigenvalue weighted by atomic mass is 35.5. The Morgan fingerprint density at radius 1 is 1.43 bits per heavy atom. The van der Waals surface area contributed by atoms with Gasteiger partial charge in [0.1, 0.15) is 5.69 Å². The van der Waals surface area contributed by atoms with Crippen molar-refractivity contribution in [3.63, 3.8) is 0 Å². The number of carbonyl (C=O) groups excluding carboxylic acids is 1. The first kappa shape index (κ1) is 19.9. The zero-order valence-electron chi connectivity index (χ0n) is 15.7. The van der Waals surface area contributed by atoms with Crippen LogP contribution >= 0.6 is 11.6 Å². The summed E-state index contributed by atoms with van der Waals surface area (Å²) in [5.41, 5.74) is 1.44. The lowest BCUT2D eigenvalue weighted by atomic mass is 10.1. The number of amides is 1. The zero-order valence-corrected chi connectivity index (χ0v) is 16.4. The fourth-order valence-electron chi connectivity index (χ4n) is 2.97. The number of carbonyl (C=O) groups is 1. The van der Waals surface area contributed by atoms with Gasteiger partial charge in [-0.2, -0.15) is 0 Å². The van der Waals surface area contributed by atoms with Crippen LogP contribution in [0.25, 0.3) is 16.9 Å². The Kier molecular flexibility index (Phi) is 5.96. The molecule has 0 fully saturated rings. The molecule has 0 radical (unpaired) electrons. The van der Waals surface area contributed by atoms with E-state index in [1.54, 1.807) is 40.5 Å². The summed E-state index contributed by atoms with van der Waals surface area (Å²) in [7, 11) is 1.56. The molecule has 0 saturated heterocycles. The van der Waals surface area contributed by atoms with Crippen LogP contribution in [-0.4, -0.2) is 39.6 Å². The van der Waals surface area contributed by atoms with Gasteiger partial charge in [-0.05, 0) is 19.1 Å². The van der Waals surface area contributed by atoms with Gasteiger partial charge in [-0.1, -0.05) is 29.8 Å². The topological polar surface area (TPSA) is 77.6 Å². The van der Waals surface area contributed by atoms with Gasteiger partial charge in [0, 0.05) is 42.7 Å². The van der Waals surface area contributed by atoms with Gasteiger partial charge in [0.2, 0.25) is 5.65 Å². The Hall–Kier alpha value is -2.90. The average molecular weight is 401 g/mol. The molecule has 0 spiro atoms. The number of aromatic nitrogens is 3. The number of imidazole rings is 1. The lowest BCUT2D eigenvalue weighted by Crippen LogP contribution is -2.35. The summed E-state index contributed by atoms with van der Waals surface area (Å²) < 4.78 is 8.14. The number of allylic oxidation sites excluding steroid dienone is 1. The minimum absolute atomic E-state index is 0.161. The van der Waals surface area contributed by atoms with Gasteiger partial charge >= 0.3 is 0 Å². The van der Waals surface area contributed by atoms with E-state index in [0.717, 1.165) is 5.56 Å². The minimum atomic E-state index is -0.368. The first-order chi connectivity index (χ1) is 13.4. The Bertz CT molecular complexity index is 1090. The molecule has 1 unspecified atom stereocenters. The number of nitrogens with one attached hydrogen (secondary N) is 1. The summed E-state index contributed by atoms with van der Waals surface area (Å²) in [6.07, 6.45) is 4.93. The number of halogens is 1. The number of nitrogens with zero attached hydrogens (tertiary/aromatic N) is 3. The molecule has 0 saturated carbocycles. The van der Waals surface area contributed by atoms with Crippen LogP contribution in [0.15, 0.2) is 54.1 Å². The quantitative estimate of drug-likeness (QED) is 0.618. The maximum absolute atomic E-state index is 13.0. The third-order valence-corrected chi connectivity index (χ3v) is 4.41. The normalized spacial score (nSPS) is 12.1. The third-order valence-electron chi connectivity index (χ3n) is 4.18. The van der Waals surface area contributed by atoms with E-state index in [9.17, 15) is 9.59 Å². The first-order valence-corrected chi connectivity index (χ1v) is 9.11. The van der Waals surface area contributed by atoms with Gasteiger partial charge in [0.25, 0.3) is 11.5 Å². The summed E-state index contributed by atoms with van der Waals surface area (Å²) in [6, 6.07) is 7.04. The summed E-state index contributed by atoms with van der Waals surface area (Å²) >= 11 is 6.11. The van der Waals surface area contributed by atoms with Crippen molar-refractivity contribution in [1.29, 1.82) is 0 Å². The van der Waals surface area contributed by atoms with Crippen LogP contribution in [0.1, 0.15) is 17.4 Å². The van der Waals surface area contributed by atoms with Gasteiger partial charge in [-0.3, -0.25) is 18.6 Å². The molecule has 1 aromatic carbocycles. The molecule has 7 nitrogen and oxygen atoms in total. The molecule has 0 bridgehead atoms. The van der Waals surface area contributed by atoms with Crippen LogP contribution in [0.2, 0.25) is 5.02 Å². The smallest absolute Gasteiger partial charge is 0.295 e. The summed E-state index contributed by atoms with van der Waals surface area (Å²) in [4.78, 5) is 29.7. The van der Waals surface area contributed by atoms with Crippen LogP contribution < -0.4 is 10.9 Å². The average Bonchev–Trinajstić information content (AvgIpc) is 3.09. The fraction of sp³-hybridized carbons (Fsp3) is 0.250. The van der Waals surface area contributed by atoms with Gasteiger partial charge in [-0.15, -0.1) is 6.58 Å². The Balaban J connectivity index is 2.10. The van der Waals surface area contributed by atoms with E-state index in [1.807, 2.05) is 19.1 Å². The van der Waals surface area contributed by atoms with Gasteiger partial charge in [0.05, 0.1) is 12.3 Å². The second-order valence-corrected chi connectivity index (χ2v) is 6.85. The van der Waals surface area contributed by atoms with E-state index < -0.39 is 0 Å². The molecule has 3 rings (SSSR count). The van der Waals surface area contributed by atoms with E-state index in [4.69, 9.17) is 16.3 Å². The molecule has 28 heavy (non-hydrogen) atoms. The highest BCUT2D eigenvalue weighted by Gasteiger charge is 2.18. The maximum atomic E-state index is 13.0. The second-order valence-electron chi connectivity index (χ2n) is 6.42. The van der Waals surface area contributed by atoms with Gasteiger partial charge in [-0.25, -0.2) is 4.98 Å². The highest BCUT2D eigenvalue weighted by Crippen LogP contribution is 2.22. The van der Waals surface area contributed by atoms with Crippen molar-refractivity contribution in [2.24, 2.45) is 0 Å². The lowest BCUT2D eigenvalue weighted by Gasteiger charge is -2.12. The predicted octanol–water partition coefficient (Wildman–Crippen LogP) is 2.77. The second kappa shape index (κ2) is 8.41. The molecular weight excluding hydrogens is 380 g/mol. The number of hydrogen-bond acceptors (Lipinski definition) is 4. The molecule has 3 aromatic rings. The van der Waals surface area contributed by atoms with E-state index in [1.165, 1.54) is 6.20 Å². The van der Waals surface area contributed by atoms with Crippen LogP contribution in [0.3, 0.4) is 0 Å². The fourth-order valence-corrected chi connectivity index (χ4v) is 3.16. The van der Waals surface area contributed by atoms with Crippen molar-refractivity contribution in [1.82, 2.24) is 19.3 Å². The predicted molar refractivity (Wildman–Crippen MR) is 109 cm³/mol. The zero-order chi connectivity index (χ0) is 20.3. The SMILES string of the molecule is C=CCn1c(-c2cccc(Cl)c2)cn2cc(C(=O)NC(C)COC)nc2c1=O. The molecular formula is C20H21ClN4O3. The summed E-state index contributed by atoms with van der Waals surface area (Å²) in [6.45, 7) is 6.23. The number of ether oxygens (including phenoxy) is 1. The number of fused-ring (bicyclic) bond motifs is 1. The maximum Gasteiger partial charge on any atom is 0.295 e. The molecule has 1 amide bonds. The molecule has 1 N–H and O–H groups in total. The van der Waals surface area contributed by atoms with Crippen molar-refractivity contribution >= 4 is 23.2 Å². The molecule has 1 atom stereocenters. The van der Waals surface area contributed by atoms with Crippen molar-refractivity contribution in [2.45, 2.75) is 19.5 Å². The number of hydrogen-bond donors (Lipinski definition) is 1. The molecule has 8 heteroatoms. The van der Waals surface area contributed by atoms with E-state index in [0.29, 0.717) is 23.9 Å². The van der Waals surface area contributed by atoms with Crippen LogP contribution in [0.4, 0.5) is 0 Å². The largest absolute Gasteiger partial charge is 0.383 e. The van der Waals surface area contributed by atoms with E-state index in [-0.39, 0.29) is 28.8 Å². The monoisotopic (exact) mass is 400 g/mol. The Labute approximate surface area is 167 Å². The standard InChI is InChI=1S/C20H21ClN4O3/c1-4-8-25-17(14-6-5-7-15(21)9-14)11-24-10-16(23-18(24)20(25)27)19(26)22-13(2)12-28-3/h4-7,9-11,13H,1,8,12H2,2-3H3,(H,22,26). The molecule has 2 heterocycles. The lowest BCUT2D eigenvalue weighted by molar-refractivity contribution is 0.0901. The van der Waals surface area contributed by atoms with Gasteiger partial charge < -0.3 is 10.1 Å². The number of benzene rings is 1. The first-order valence-electron chi connectivity index (χ1n) is 8.73. The summed E-state index contributed by atoms with van der Waals surface area (Å²) in [5, 5.41) is 3.35. The van der Waals surface area contributed by atoms with Crippen LogP contribution in [0.5, 0.6) is 0 Å². The number of rotatable bonds is 7. The van der Waals surface area contributed by atoms with Crippen molar-refractivity contribution in [3.05, 3.63) is 70.4 Å². The molecule has 0 aliphatic heterocycles. The van der Waals surface area contributed by atoms with Crippen LogP contribution in [0, 0.1) is 0 Å². The minimum Gasteiger partial charge on any atom is -0.383 e. The van der Waals surface area contributed by atoms with Crippen LogP contribution in [-0.2, 0) is 11.3 Å². The Morgan fingerprint density at radius 3 is 2.89 bits per heavy atom. The van der Waals surface area contributed by atoms with Crippen molar-refractivity contribution in [2.75, 3.05) is 13.7 Å². The molecule has 146 valence electrons. The Morgan fingerprint density at radius 2 is 2.21 bits per heavy atom. The van der Waals surface area contributed by atoms with Gasteiger partial charge in [0.15, 0.2) is 0 Å². The molecule has 0 aliphatic carbocycles. The molecule has 2 aromatic heterocycles. The van der Waals surface area contributed by atoms with Crippen molar-refractivity contribution in [3.8, 4) is 11.3 Å². The highest BCUT2D eigenvalue weighted by molar-refractivity contribution is 6.30. The van der Waals surface area contributed by atoms with E-state index >= 15 is 0 Å².